The van der Waals surface area contributed by atoms with Crippen molar-refractivity contribution in [3.63, 3.8) is 0 Å². The first-order chi connectivity index (χ1) is 9.04. The van der Waals surface area contributed by atoms with E-state index in [2.05, 4.69) is 29.3 Å². The Labute approximate surface area is 113 Å². The number of carbonyl (C=O) groups excluding carboxylic acids is 1. The number of likely N-dealkylation sites (N-methyl/N-ethyl adjacent to an activating group) is 1. The van der Waals surface area contributed by atoms with Gasteiger partial charge in [-0.15, -0.1) is 0 Å². The Morgan fingerprint density at radius 3 is 2.95 bits per heavy atom. The SMILES string of the molecule is CCn1ncc(N)c1C(=O)NCC(C)N(C)C1CC1. The second-order valence-corrected chi connectivity index (χ2v) is 5.22. The van der Waals surface area contributed by atoms with Gasteiger partial charge in [-0.1, -0.05) is 0 Å². The van der Waals surface area contributed by atoms with Gasteiger partial charge in [0.05, 0.1) is 11.9 Å². The van der Waals surface area contributed by atoms with Gasteiger partial charge in [0.25, 0.3) is 5.91 Å². The van der Waals surface area contributed by atoms with Crippen LogP contribution in [0.1, 0.15) is 37.2 Å². The molecule has 6 heteroatoms. The predicted molar refractivity (Wildman–Crippen MR) is 74.9 cm³/mol. The number of carbonyl (C=O) groups is 1. The first-order valence-electron chi connectivity index (χ1n) is 6.86. The molecule has 0 bridgehead atoms. The highest BCUT2D eigenvalue weighted by Crippen LogP contribution is 2.26. The summed E-state index contributed by atoms with van der Waals surface area (Å²) >= 11 is 0. The minimum Gasteiger partial charge on any atom is -0.396 e. The van der Waals surface area contributed by atoms with E-state index >= 15 is 0 Å². The number of nitrogens with one attached hydrogen (secondary N) is 1. The van der Waals surface area contributed by atoms with Crippen LogP contribution in [-0.4, -0.2) is 46.3 Å². The van der Waals surface area contributed by atoms with Crippen molar-refractivity contribution in [2.75, 3.05) is 19.3 Å². The highest BCUT2D eigenvalue weighted by atomic mass is 16.2. The van der Waals surface area contributed by atoms with Gasteiger partial charge in [-0.3, -0.25) is 14.4 Å². The van der Waals surface area contributed by atoms with Gasteiger partial charge in [-0.2, -0.15) is 5.10 Å². The Hall–Kier alpha value is -1.56. The van der Waals surface area contributed by atoms with Gasteiger partial charge in [0.2, 0.25) is 0 Å². The summed E-state index contributed by atoms with van der Waals surface area (Å²) in [5, 5.41) is 7.02. The van der Waals surface area contributed by atoms with Gasteiger partial charge in [-0.05, 0) is 33.7 Å². The molecule has 1 aromatic heterocycles. The summed E-state index contributed by atoms with van der Waals surface area (Å²) in [5.41, 5.74) is 6.68. The van der Waals surface area contributed by atoms with Crippen LogP contribution in [0.15, 0.2) is 6.20 Å². The zero-order valence-corrected chi connectivity index (χ0v) is 11.9. The number of hydrogen-bond acceptors (Lipinski definition) is 4. The fraction of sp³-hybridized carbons (Fsp3) is 0.692. The number of amides is 1. The zero-order chi connectivity index (χ0) is 14.0. The van der Waals surface area contributed by atoms with Crippen LogP contribution in [0, 0.1) is 0 Å². The molecule has 1 saturated carbocycles. The molecule has 1 amide bonds. The maximum absolute atomic E-state index is 12.1. The van der Waals surface area contributed by atoms with Crippen LogP contribution in [-0.2, 0) is 6.54 Å². The number of nitrogens with zero attached hydrogens (tertiary/aromatic N) is 3. The molecule has 0 spiro atoms. The maximum atomic E-state index is 12.1. The molecule has 1 fully saturated rings. The third-order valence-electron chi connectivity index (χ3n) is 3.76. The molecule has 0 aliphatic heterocycles. The molecule has 2 rings (SSSR count). The van der Waals surface area contributed by atoms with Gasteiger partial charge in [0.1, 0.15) is 5.69 Å². The molecule has 6 nitrogen and oxygen atoms in total. The molecule has 1 unspecified atom stereocenters. The summed E-state index contributed by atoms with van der Waals surface area (Å²) in [6, 6.07) is 1.02. The average Bonchev–Trinajstić information content (AvgIpc) is 3.18. The van der Waals surface area contributed by atoms with Gasteiger partial charge in [0, 0.05) is 25.2 Å². The van der Waals surface area contributed by atoms with Crippen molar-refractivity contribution < 1.29 is 4.79 Å². The lowest BCUT2D eigenvalue weighted by atomic mass is 10.2. The molecular weight excluding hydrogens is 242 g/mol. The summed E-state index contributed by atoms with van der Waals surface area (Å²) in [6.45, 7) is 5.32. The van der Waals surface area contributed by atoms with Gasteiger partial charge >= 0.3 is 0 Å². The second kappa shape index (κ2) is 5.61. The second-order valence-electron chi connectivity index (χ2n) is 5.22. The highest BCUT2D eigenvalue weighted by molar-refractivity contribution is 5.97. The molecular formula is C13H23N5O. The van der Waals surface area contributed by atoms with Crippen molar-refractivity contribution in [1.29, 1.82) is 0 Å². The molecule has 19 heavy (non-hydrogen) atoms. The van der Waals surface area contributed by atoms with E-state index in [1.165, 1.54) is 19.0 Å². The maximum Gasteiger partial charge on any atom is 0.271 e. The minimum atomic E-state index is -0.145. The lowest BCUT2D eigenvalue weighted by molar-refractivity contribution is 0.0930. The van der Waals surface area contributed by atoms with Crippen molar-refractivity contribution in [3.8, 4) is 0 Å². The smallest absolute Gasteiger partial charge is 0.271 e. The monoisotopic (exact) mass is 265 g/mol. The van der Waals surface area contributed by atoms with Crippen LogP contribution in [0.4, 0.5) is 5.69 Å². The Kier molecular flexibility index (Phi) is 4.09. The molecule has 0 saturated heterocycles. The van der Waals surface area contributed by atoms with E-state index < -0.39 is 0 Å². The summed E-state index contributed by atoms with van der Waals surface area (Å²) in [7, 11) is 2.11. The first-order valence-corrected chi connectivity index (χ1v) is 6.86. The summed E-state index contributed by atoms with van der Waals surface area (Å²) < 4.78 is 1.62. The number of anilines is 1. The van der Waals surface area contributed by atoms with E-state index in [9.17, 15) is 4.79 Å². The molecule has 0 radical (unpaired) electrons. The summed E-state index contributed by atoms with van der Waals surface area (Å²) in [6.07, 6.45) is 4.06. The van der Waals surface area contributed by atoms with Crippen LogP contribution in [0.5, 0.6) is 0 Å². The van der Waals surface area contributed by atoms with Crippen molar-refractivity contribution in [3.05, 3.63) is 11.9 Å². The van der Waals surface area contributed by atoms with E-state index in [0.29, 0.717) is 36.6 Å². The summed E-state index contributed by atoms with van der Waals surface area (Å²) in [4.78, 5) is 14.5. The average molecular weight is 265 g/mol. The third-order valence-corrected chi connectivity index (χ3v) is 3.76. The lowest BCUT2D eigenvalue weighted by Gasteiger charge is -2.24. The Morgan fingerprint density at radius 1 is 1.68 bits per heavy atom. The molecule has 1 atom stereocenters. The number of nitrogens with two attached hydrogens (primary N) is 1. The number of hydrogen-bond donors (Lipinski definition) is 2. The van der Waals surface area contributed by atoms with E-state index in [1.807, 2.05) is 6.92 Å². The van der Waals surface area contributed by atoms with Gasteiger partial charge in [0.15, 0.2) is 0 Å². The van der Waals surface area contributed by atoms with Crippen molar-refractivity contribution in [1.82, 2.24) is 20.0 Å². The standard InChI is InChI=1S/C13H23N5O/c1-4-18-12(11(14)8-16-18)13(19)15-7-9(2)17(3)10-5-6-10/h8-10H,4-7,14H2,1-3H3,(H,15,19). The molecule has 1 aliphatic carbocycles. The van der Waals surface area contributed by atoms with Gasteiger partial charge < -0.3 is 11.1 Å². The summed E-state index contributed by atoms with van der Waals surface area (Å²) in [5.74, 6) is -0.145. The normalized spacial score (nSPS) is 16.6. The van der Waals surface area contributed by atoms with Gasteiger partial charge in [-0.25, -0.2) is 0 Å². The number of nitrogen functional groups attached to an aromatic ring is 1. The fourth-order valence-electron chi connectivity index (χ4n) is 2.20. The molecule has 1 aliphatic rings. The lowest BCUT2D eigenvalue weighted by Crippen LogP contribution is -2.41. The number of aromatic nitrogens is 2. The Balaban J connectivity index is 1.91. The highest BCUT2D eigenvalue weighted by Gasteiger charge is 2.29. The zero-order valence-electron chi connectivity index (χ0n) is 11.9. The topological polar surface area (TPSA) is 76.2 Å². The largest absolute Gasteiger partial charge is 0.396 e. The molecule has 1 aromatic rings. The molecule has 106 valence electrons. The van der Waals surface area contributed by atoms with E-state index in [0.717, 1.165) is 0 Å². The Bertz CT molecular complexity index is 452. The van der Waals surface area contributed by atoms with Crippen molar-refractivity contribution in [2.24, 2.45) is 0 Å². The quantitative estimate of drug-likeness (QED) is 0.794. The van der Waals surface area contributed by atoms with E-state index in [4.69, 9.17) is 5.73 Å². The minimum absolute atomic E-state index is 0.145. The molecule has 1 heterocycles. The predicted octanol–water partition coefficient (Wildman–Crippen LogP) is 0.698. The van der Waals surface area contributed by atoms with Crippen LogP contribution in [0.25, 0.3) is 0 Å². The van der Waals surface area contributed by atoms with Crippen molar-refractivity contribution in [2.45, 2.75) is 45.3 Å². The van der Waals surface area contributed by atoms with Crippen molar-refractivity contribution >= 4 is 11.6 Å². The number of rotatable bonds is 6. The van der Waals surface area contributed by atoms with Crippen LogP contribution >= 0.6 is 0 Å². The third kappa shape index (κ3) is 3.07. The number of aryl methyl sites for hydroxylation is 1. The van der Waals surface area contributed by atoms with E-state index in [1.54, 1.807) is 4.68 Å². The first kappa shape index (κ1) is 13.9. The fourth-order valence-corrected chi connectivity index (χ4v) is 2.20. The van der Waals surface area contributed by atoms with E-state index in [-0.39, 0.29) is 5.91 Å². The van der Waals surface area contributed by atoms with Crippen LogP contribution < -0.4 is 11.1 Å². The molecule has 0 aromatic carbocycles. The Morgan fingerprint density at radius 2 is 2.37 bits per heavy atom. The molecule has 3 N–H and O–H groups in total. The van der Waals surface area contributed by atoms with Crippen LogP contribution in [0.2, 0.25) is 0 Å². The van der Waals surface area contributed by atoms with Crippen LogP contribution in [0.3, 0.4) is 0 Å².